The van der Waals surface area contributed by atoms with Gasteiger partial charge in [0.15, 0.2) is 0 Å². The summed E-state index contributed by atoms with van der Waals surface area (Å²) >= 11 is 0. The molecule has 17 heavy (non-hydrogen) atoms. The van der Waals surface area contributed by atoms with E-state index < -0.39 is 0 Å². The third-order valence-electron chi connectivity index (χ3n) is 3.56. The number of hydrogen-bond acceptors (Lipinski definition) is 2. The maximum atomic E-state index is 14.0. The zero-order chi connectivity index (χ0) is 12.3. The summed E-state index contributed by atoms with van der Waals surface area (Å²) in [5.41, 5.74) is 1.77. The van der Waals surface area contributed by atoms with E-state index in [-0.39, 0.29) is 5.82 Å². The van der Waals surface area contributed by atoms with Gasteiger partial charge < -0.3 is 10.1 Å². The maximum absolute atomic E-state index is 14.0. The zero-order valence-corrected chi connectivity index (χ0v) is 10.6. The predicted molar refractivity (Wildman–Crippen MR) is 67.2 cm³/mol. The smallest absolute Gasteiger partial charge is 0.130 e. The summed E-state index contributed by atoms with van der Waals surface area (Å²) in [4.78, 5) is 0. The van der Waals surface area contributed by atoms with Crippen molar-refractivity contribution >= 4 is 0 Å². The van der Waals surface area contributed by atoms with Gasteiger partial charge in [0.1, 0.15) is 11.6 Å². The molecule has 0 bridgehead atoms. The average Bonchev–Trinajstić information content (AvgIpc) is 2.38. The summed E-state index contributed by atoms with van der Waals surface area (Å²) < 4.78 is 19.3. The highest BCUT2D eigenvalue weighted by Crippen LogP contribution is 2.32. The lowest BCUT2D eigenvalue weighted by molar-refractivity contribution is 0.401. The number of methoxy groups -OCH3 is 1. The highest BCUT2D eigenvalue weighted by atomic mass is 19.1. The first-order valence-electron chi connectivity index (χ1n) is 6.33. The number of benzene rings is 1. The molecule has 94 valence electrons. The summed E-state index contributed by atoms with van der Waals surface area (Å²) in [5.74, 6) is 1.03. The van der Waals surface area contributed by atoms with E-state index in [9.17, 15) is 4.39 Å². The maximum Gasteiger partial charge on any atom is 0.130 e. The fraction of sp³-hybridized carbons (Fsp3) is 0.571. The van der Waals surface area contributed by atoms with Crippen LogP contribution >= 0.6 is 0 Å². The first kappa shape index (κ1) is 12.4. The second kappa shape index (κ2) is 5.50. The normalized spacial score (nSPS) is 17.1. The van der Waals surface area contributed by atoms with Crippen LogP contribution in [-0.4, -0.2) is 20.2 Å². The van der Waals surface area contributed by atoms with Crippen molar-refractivity contribution in [1.29, 1.82) is 0 Å². The lowest BCUT2D eigenvalue weighted by Gasteiger charge is -2.24. The molecule has 0 unspecified atom stereocenters. The van der Waals surface area contributed by atoms with Gasteiger partial charge in [-0.3, -0.25) is 0 Å². The summed E-state index contributed by atoms with van der Waals surface area (Å²) in [6.07, 6.45) is 2.82. The van der Waals surface area contributed by atoms with Crippen molar-refractivity contribution in [2.24, 2.45) is 0 Å². The molecule has 2 nitrogen and oxygen atoms in total. The van der Waals surface area contributed by atoms with Crippen molar-refractivity contribution in [3.05, 3.63) is 29.1 Å². The van der Waals surface area contributed by atoms with Gasteiger partial charge in [-0.2, -0.15) is 0 Å². The quantitative estimate of drug-likeness (QED) is 0.872. The van der Waals surface area contributed by atoms with Gasteiger partial charge in [-0.15, -0.1) is 0 Å². The van der Waals surface area contributed by atoms with Crippen LogP contribution in [0.3, 0.4) is 0 Å². The van der Waals surface area contributed by atoms with Crippen LogP contribution in [0.5, 0.6) is 5.75 Å². The molecule has 3 heteroatoms. The van der Waals surface area contributed by atoms with E-state index in [1.807, 2.05) is 13.0 Å². The largest absolute Gasteiger partial charge is 0.496 e. The number of hydrogen-bond donors (Lipinski definition) is 1. The fourth-order valence-electron chi connectivity index (χ4n) is 2.55. The highest BCUT2D eigenvalue weighted by Gasteiger charge is 2.18. The van der Waals surface area contributed by atoms with Crippen LogP contribution < -0.4 is 10.1 Å². The monoisotopic (exact) mass is 237 g/mol. The van der Waals surface area contributed by atoms with E-state index in [4.69, 9.17) is 4.74 Å². The zero-order valence-electron chi connectivity index (χ0n) is 10.6. The molecule has 0 spiro atoms. The third-order valence-corrected chi connectivity index (χ3v) is 3.56. The predicted octanol–water partition coefficient (Wildman–Crippen LogP) is 2.86. The fourth-order valence-corrected chi connectivity index (χ4v) is 2.55. The Hall–Kier alpha value is -1.09. The van der Waals surface area contributed by atoms with Gasteiger partial charge in [-0.05, 0) is 56.0 Å². The van der Waals surface area contributed by atoms with Gasteiger partial charge in [-0.25, -0.2) is 4.39 Å². The second-order valence-corrected chi connectivity index (χ2v) is 4.56. The Morgan fingerprint density at radius 1 is 1.35 bits per heavy atom. The van der Waals surface area contributed by atoms with Crippen LogP contribution in [-0.2, 0) is 6.42 Å². The Bertz CT molecular complexity index is 386. The summed E-state index contributed by atoms with van der Waals surface area (Å²) in [6.45, 7) is 3.99. The summed E-state index contributed by atoms with van der Waals surface area (Å²) in [7, 11) is 1.61. The Kier molecular flexibility index (Phi) is 4.00. The van der Waals surface area contributed by atoms with Crippen molar-refractivity contribution in [2.75, 3.05) is 20.2 Å². The third kappa shape index (κ3) is 2.60. The van der Waals surface area contributed by atoms with Gasteiger partial charge >= 0.3 is 0 Å². The van der Waals surface area contributed by atoms with Crippen molar-refractivity contribution in [2.45, 2.75) is 32.1 Å². The summed E-state index contributed by atoms with van der Waals surface area (Å²) in [6, 6.07) is 3.70. The average molecular weight is 237 g/mol. The molecule has 0 saturated carbocycles. The SMILES string of the molecule is CCc1c(F)cc(C2CCNCC2)cc1OC. The van der Waals surface area contributed by atoms with Crippen LogP contribution in [0.1, 0.15) is 36.8 Å². The van der Waals surface area contributed by atoms with Crippen molar-refractivity contribution in [3.63, 3.8) is 0 Å². The number of rotatable bonds is 3. The molecule has 0 amide bonds. The van der Waals surface area contributed by atoms with Crippen LogP contribution in [0, 0.1) is 5.82 Å². The molecule has 1 aliphatic rings. The van der Waals surface area contributed by atoms with Gasteiger partial charge in [0.25, 0.3) is 0 Å². The van der Waals surface area contributed by atoms with Crippen LogP contribution in [0.4, 0.5) is 4.39 Å². The number of halogens is 1. The minimum Gasteiger partial charge on any atom is -0.496 e. The molecular formula is C14H20FNO. The molecule has 1 aromatic carbocycles. The highest BCUT2D eigenvalue weighted by molar-refractivity contribution is 5.40. The minimum absolute atomic E-state index is 0.125. The Morgan fingerprint density at radius 3 is 2.65 bits per heavy atom. The van der Waals surface area contributed by atoms with Crippen LogP contribution in [0.15, 0.2) is 12.1 Å². The first-order valence-corrected chi connectivity index (χ1v) is 6.33. The lowest BCUT2D eigenvalue weighted by atomic mass is 9.89. The van der Waals surface area contributed by atoms with E-state index in [2.05, 4.69) is 5.32 Å². The molecular weight excluding hydrogens is 217 g/mol. The number of nitrogens with one attached hydrogen (secondary N) is 1. The summed E-state index contributed by atoms with van der Waals surface area (Å²) in [5, 5.41) is 3.33. The molecule has 1 heterocycles. The second-order valence-electron chi connectivity index (χ2n) is 4.56. The molecule has 1 aromatic rings. The lowest BCUT2D eigenvalue weighted by Crippen LogP contribution is -2.26. The van der Waals surface area contributed by atoms with E-state index >= 15 is 0 Å². The van der Waals surface area contributed by atoms with Gasteiger partial charge in [0.05, 0.1) is 7.11 Å². The van der Waals surface area contributed by atoms with Gasteiger partial charge in [0, 0.05) is 5.56 Å². The van der Waals surface area contributed by atoms with E-state index in [1.165, 1.54) is 0 Å². The van der Waals surface area contributed by atoms with Gasteiger partial charge in [0.2, 0.25) is 0 Å². The molecule has 0 radical (unpaired) electrons. The van der Waals surface area contributed by atoms with E-state index in [0.29, 0.717) is 23.7 Å². The van der Waals surface area contributed by atoms with Crippen molar-refractivity contribution in [3.8, 4) is 5.75 Å². The Labute approximate surface area is 102 Å². The van der Waals surface area contributed by atoms with E-state index in [0.717, 1.165) is 31.5 Å². The van der Waals surface area contributed by atoms with Crippen LogP contribution in [0.25, 0.3) is 0 Å². The standard InChI is InChI=1S/C14H20FNO/c1-3-12-13(15)8-11(9-14(12)17-2)10-4-6-16-7-5-10/h8-10,16H,3-7H2,1-2H3. The molecule has 1 fully saturated rings. The molecule has 0 aromatic heterocycles. The molecule has 0 atom stereocenters. The molecule has 1 N–H and O–H groups in total. The van der Waals surface area contributed by atoms with Gasteiger partial charge in [-0.1, -0.05) is 6.92 Å². The minimum atomic E-state index is -0.125. The molecule has 2 rings (SSSR count). The topological polar surface area (TPSA) is 21.3 Å². The van der Waals surface area contributed by atoms with Crippen molar-refractivity contribution < 1.29 is 9.13 Å². The molecule has 1 aliphatic heterocycles. The van der Waals surface area contributed by atoms with Crippen LogP contribution in [0.2, 0.25) is 0 Å². The Balaban J connectivity index is 2.31. The molecule has 0 aliphatic carbocycles. The number of ether oxygens (including phenoxy) is 1. The number of piperidine rings is 1. The van der Waals surface area contributed by atoms with E-state index in [1.54, 1.807) is 13.2 Å². The Morgan fingerprint density at radius 2 is 2.06 bits per heavy atom. The van der Waals surface area contributed by atoms with Crippen molar-refractivity contribution in [1.82, 2.24) is 5.32 Å². The first-order chi connectivity index (χ1) is 8.26. The molecule has 1 saturated heterocycles.